The summed E-state index contributed by atoms with van der Waals surface area (Å²) in [5, 5.41) is 0. The summed E-state index contributed by atoms with van der Waals surface area (Å²) < 4.78 is 13.6. The monoisotopic (exact) mass is 295 g/mol. The van der Waals surface area contributed by atoms with Gasteiger partial charge in [-0.25, -0.2) is 4.39 Å². The Morgan fingerprint density at radius 2 is 1.92 bits per heavy atom. The van der Waals surface area contributed by atoms with Gasteiger partial charge in [0, 0.05) is 4.47 Å². The molecule has 0 saturated carbocycles. The topological polar surface area (TPSA) is 43.1 Å². The molecule has 0 aliphatic heterocycles. The fourth-order valence-electron chi connectivity index (χ4n) is 0.711. The van der Waals surface area contributed by atoms with Crippen molar-refractivity contribution in [1.29, 1.82) is 0 Å². The Labute approximate surface area is 85.2 Å². The first kappa shape index (κ1) is 9.67. The molecule has 5 heteroatoms. The van der Waals surface area contributed by atoms with Gasteiger partial charge in [-0.2, -0.15) is 0 Å². The first-order chi connectivity index (χ1) is 5.52. The number of amides is 1. The zero-order chi connectivity index (χ0) is 9.30. The van der Waals surface area contributed by atoms with E-state index in [4.69, 9.17) is 5.73 Å². The van der Waals surface area contributed by atoms with E-state index in [1.807, 2.05) is 0 Å². The van der Waals surface area contributed by atoms with Crippen molar-refractivity contribution < 1.29 is 9.18 Å². The van der Waals surface area contributed by atoms with E-state index >= 15 is 0 Å². The largest absolute Gasteiger partial charge is 0.366 e. The van der Waals surface area contributed by atoms with Crippen molar-refractivity contribution in [3.63, 3.8) is 0 Å². The SMILES string of the molecule is NC(=O)c1cc(F)c(Br)cc1Br. The van der Waals surface area contributed by atoms with Crippen LogP contribution in [0.1, 0.15) is 10.4 Å². The average Bonchev–Trinajstić information content (AvgIpc) is 1.96. The fourth-order valence-corrected chi connectivity index (χ4v) is 1.90. The smallest absolute Gasteiger partial charge is 0.249 e. The highest BCUT2D eigenvalue weighted by Gasteiger charge is 2.09. The zero-order valence-electron chi connectivity index (χ0n) is 5.77. The molecule has 0 saturated heterocycles. The molecule has 1 rings (SSSR count). The van der Waals surface area contributed by atoms with E-state index in [1.54, 1.807) is 0 Å². The predicted octanol–water partition coefficient (Wildman–Crippen LogP) is 2.45. The van der Waals surface area contributed by atoms with Crippen molar-refractivity contribution in [2.24, 2.45) is 5.73 Å². The molecule has 0 radical (unpaired) electrons. The van der Waals surface area contributed by atoms with Crippen molar-refractivity contribution in [3.05, 3.63) is 32.5 Å². The second-order valence-electron chi connectivity index (χ2n) is 2.11. The van der Waals surface area contributed by atoms with Crippen LogP contribution < -0.4 is 5.73 Å². The predicted molar refractivity (Wildman–Crippen MR) is 50.3 cm³/mol. The molecule has 0 unspecified atom stereocenters. The van der Waals surface area contributed by atoms with Crippen LogP contribution in [0.4, 0.5) is 4.39 Å². The number of carbonyl (C=O) groups is 1. The zero-order valence-corrected chi connectivity index (χ0v) is 8.95. The lowest BCUT2D eigenvalue weighted by Gasteiger charge is -2.01. The van der Waals surface area contributed by atoms with E-state index in [2.05, 4.69) is 31.9 Å². The molecular weight excluding hydrogens is 293 g/mol. The Morgan fingerprint density at radius 1 is 1.33 bits per heavy atom. The van der Waals surface area contributed by atoms with Crippen molar-refractivity contribution in [3.8, 4) is 0 Å². The normalized spacial score (nSPS) is 9.92. The maximum absolute atomic E-state index is 12.8. The Morgan fingerprint density at radius 3 is 2.42 bits per heavy atom. The number of hydrogen-bond acceptors (Lipinski definition) is 1. The Hall–Kier alpha value is -0.420. The van der Waals surface area contributed by atoms with E-state index in [-0.39, 0.29) is 5.56 Å². The summed E-state index contributed by atoms with van der Waals surface area (Å²) in [6, 6.07) is 2.52. The van der Waals surface area contributed by atoms with Gasteiger partial charge in [0.05, 0.1) is 10.0 Å². The number of halogens is 3. The van der Waals surface area contributed by atoms with E-state index in [0.29, 0.717) is 8.95 Å². The van der Waals surface area contributed by atoms with Gasteiger partial charge in [-0.1, -0.05) is 0 Å². The Kier molecular flexibility index (Phi) is 2.85. The number of rotatable bonds is 1. The first-order valence-electron chi connectivity index (χ1n) is 2.96. The second-order valence-corrected chi connectivity index (χ2v) is 3.82. The summed E-state index contributed by atoms with van der Waals surface area (Å²) in [5.74, 6) is -1.17. The standard InChI is InChI=1S/C7H4Br2FNO/c8-4-2-5(9)6(10)1-3(4)7(11)12/h1-2H,(H2,11,12). The van der Waals surface area contributed by atoms with Crippen LogP contribution in [0.2, 0.25) is 0 Å². The molecule has 0 spiro atoms. The Bertz CT molecular complexity index is 340. The van der Waals surface area contributed by atoms with Crippen LogP contribution in [0, 0.1) is 5.82 Å². The van der Waals surface area contributed by atoms with Gasteiger partial charge in [0.15, 0.2) is 0 Å². The van der Waals surface area contributed by atoms with Gasteiger partial charge < -0.3 is 5.73 Å². The maximum Gasteiger partial charge on any atom is 0.249 e. The van der Waals surface area contributed by atoms with Gasteiger partial charge in [0.25, 0.3) is 0 Å². The van der Waals surface area contributed by atoms with Crippen LogP contribution in [-0.4, -0.2) is 5.91 Å². The number of hydrogen-bond donors (Lipinski definition) is 1. The third kappa shape index (κ3) is 1.84. The third-order valence-electron chi connectivity index (χ3n) is 1.28. The van der Waals surface area contributed by atoms with Crippen molar-refractivity contribution >= 4 is 37.8 Å². The average molecular weight is 297 g/mol. The summed E-state index contributed by atoms with van der Waals surface area (Å²) >= 11 is 6.06. The van der Waals surface area contributed by atoms with Crippen molar-refractivity contribution in [2.45, 2.75) is 0 Å². The molecule has 0 aliphatic rings. The van der Waals surface area contributed by atoms with E-state index in [0.717, 1.165) is 6.07 Å². The first-order valence-corrected chi connectivity index (χ1v) is 4.55. The molecule has 2 N–H and O–H groups in total. The molecule has 0 bridgehead atoms. The van der Waals surface area contributed by atoms with Crippen molar-refractivity contribution in [1.82, 2.24) is 0 Å². The summed E-state index contributed by atoms with van der Waals surface area (Å²) in [4.78, 5) is 10.7. The highest BCUT2D eigenvalue weighted by molar-refractivity contribution is 9.11. The van der Waals surface area contributed by atoms with Crippen LogP contribution in [0.15, 0.2) is 21.1 Å². The molecule has 0 fully saturated rings. The highest BCUT2D eigenvalue weighted by atomic mass is 79.9. The summed E-state index contributed by atoms with van der Waals surface area (Å²) in [7, 11) is 0. The van der Waals surface area contributed by atoms with E-state index < -0.39 is 11.7 Å². The Balaban J connectivity index is 3.33. The van der Waals surface area contributed by atoms with Gasteiger partial charge in [-0.05, 0) is 44.0 Å². The summed E-state index contributed by atoms with van der Waals surface area (Å²) in [5.41, 5.74) is 5.12. The molecule has 0 heterocycles. The molecule has 0 aromatic heterocycles. The summed E-state index contributed by atoms with van der Waals surface area (Å²) in [6.45, 7) is 0. The fraction of sp³-hybridized carbons (Fsp3) is 0. The van der Waals surface area contributed by atoms with Crippen LogP contribution in [0.3, 0.4) is 0 Å². The molecule has 2 nitrogen and oxygen atoms in total. The van der Waals surface area contributed by atoms with E-state index in [1.165, 1.54) is 6.07 Å². The van der Waals surface area contributed by atoms with Crippen LogP contribution in [0.25, 0.3) is 0 Å². The number of carbonyl (C=O) groups excluding carboxylic acids is 1. The lowest BCUT2D eigenvalue weighted by molar-refractivity contribution is 0.0999. The molecule has 1 aromatic carbocycles. The number of benzene rings is 1. The van der Waals surface area contributed by atoms with Crippen LogP contribution in [-0.2, 0) is 0 Å². The highest BCUT2D eigenvalue weighted by Crippen LogP contribution is 2.24. The maximum atomic E-state index is 12.8. The quantitative estimate of drug-likeness (QED) is 0.795. The van der Waals surface area contributed by atoms with Crippen molar-refractivity contribution in [2.75, 3.05) is 0 Å². The minimum absolute atomic E-state index is 0.135. The third-order valence-corrected chi connectivity index (χ3v) is 2.54. The number of nitrogens with two attached hydrogens (primary N) is 1. The molecule has 64 valence electrons. The second kappa shape index (κ2) is 3.53. The van der Waals surface area contributed by atoms with Gasteiger partial charge >= 0.3 is 0 Å². The van der Waals surface area contributed by atoms with E-state index in [9.17, 15) is 9.18 Å². The van der Waals surface area contributed by atoms with Gasteiger partial charge in [0.1, 0.15) is 5.82 Å². The van der Waals surface area contributed by atoms with Crippen LogP contribution in [0.5, 0.6) is 0 Å². The number of primary amides is 1. The van der Waals surface area contributed by atoms with Gasteiger partial charge in [0.2, 0.25) is 5.91 Å². The lowest BCUT2D eigenvalue weighted by atomic mass is 10.2. The minimum atomic E-state index is -0.659. The molecule has 12 heavy (non-hydrogen) atoms. The molecule has 0 aliphatic carbocycles. The molecular formula is C7H4Br2FNO. The molecule has 1 aromatic rings. The summed E-state index contributed by atoms with van der Waals surface area (Å²) in [6.07, 6.45) is 0. The minimum Gasteiger partial charge on any atom is -0.366 e. The van der Waals surface area contributed by atoms with Gasteiger partial charge in [-0.15, -0.1) is 0 Å². The van der Waals surface area contributed by atoms with Crippen LogP contribution >= 0.6 is 31.9 Å². The molecule has 1 amide bonds. The molecule has 0 atom stereocenters. The lowest BCUT2D eigenvalue weighted by Crippen LogP contribution is -2.12. The van der Waals surface area contributed by atoms with Gasteiger partial charge in [-0.3, -0.25) is 4.79 Å².